The van der Waals surface area contributed by atoms with Crippen LogP contribution in [0.25, 0.3) is 6.08 Å². The van der Waals surface area contributed by atoms with Crippen LogP contribution in [-0.4, -0.2) is 29.8 Å². The lowest BCUT2D eigenvalue weighted by Gasteiger charge is -2.22. The van der Waals surface area contributed by atoms with Gasteiger partial charge in [-0.25, -0.2) is 9.18 Å². The summed E-state index contributed by atoms with van der Waals surface area (Å²) in [6, 6.07) is 10.2. The van der Waals surface area contributed by atoms with E-state index < -0.39 is 17.8 Å². The van der Waals surface area contributed by atoms with Crippen molar-refractivity contribution in [3.05, 3.63) is 69.5 Å². The van der Waals surface area contributed by atoms with Crippen LogP contribution in [0.15, 0.2) is 52.5 Å². The highest BCUT2D eigenvalue weighted by molar-refractivity contribution is 9.10. The van der Waals surface area contributed by atoms with Gasteiger partial charge in [0.15, 0.2) is 0 Å². The Morgan fingerprint density at radius 1 is 1.15 bits per heavy atom. The molecule has 0 aliphatic carbocycles. The maximum absolute atomic E-state index is 13.0. The molecule has 3 rings (SSSR count). The molecule has 1 fully saturated rings. The highest BCUT2D eigenvalue weighted by Crippen LogP contribution is 2.27. The SMILES string of the molecule is CN1C(=O)NC(=O)C(=Cc2cc(Br)ccc2OCc2ccc(F)cc2)C1=O. The van der Waals surface area contributed by atoms with E-state index in [-0.39, 0.29) is 18.0 Å². The summed E-state index contributed by atoms with van der Waals surface area (Å²) in [6.07, 6.45) is 1.37. The van der Waals surface area contributed by atoms with Crippen molar-refractivity contribution in [2.24, 2.45) is 0 Å². The lowest BCUT2D eigenvalue weighted by atomic mass is 10.1. The van der Waals surface area contributed by atoms with Gasteiger partial charge in [-0.1, -0.05) is 28.1 Å². The molecule has 0 saturated carbocycles. The van der Waals surface area contributed by atoms with E-state index in [1.54, 1.807) is 30.3 Å². The number of hydrogen-bond acceptors (Lipinski definition) is 4. The average Bonchev–Trinajstić information content (AvgIpc) is 2.64. The van der Waals surface area contributed by atoms with Gasteiger partial charge in [-0.15, -0.1) is 0 Å². The molecule has 1 saturated heterocycles. The summed E-state index contributed by atoms with van der Waals surface area (Å²) in [5.74, 6) is -1.38. The van der Waals surface area contributed by atoms with E-state index in [1.807, 2.05) is 0 Å². The molecule has 0 bridgehead atoms. The van der Waals surface area contributed by atoms with E-state index in [0.717, 1.165) is 14.9 Å². The molecule has 2 aromatic carbocycles. The Morgan fingerprint density at radius 3 is 2.56 bits per heavy atom. The van der Waals surface area contributed by atoms with Crippen molar-refractivity contribution in [1.29, 1.82) is 0 Å². The van der Waals surface area contributed by atoms with Crippen molar-refractivity contribution < 1.29 is 23.5 Å². The number of amides is 4. The van der Waals surface area contributed by atoms with Crippen molar-refractivity contribution in [1.82, 2.24) is 10.2 Å². The molecule has 1 aliphatic heterocycles. The monoisotopic (exact) mass is 432 g/mol. The van der Waals surface area contributed by atoms with E-state index in [9.17, 15) is 18.8 Å². The molecule has 0 radical (unpaired) electrons. The number of hydrogen-bond donors (Lipinski definition) is 1. The van der Waals surface area contributed by atoms with Gasteiger partial charge in [0, 0.05) is 17.1 Å². The first kappa shape index (κ1) is 18.8. The number of carbonyl (C=O) groups excluding carboxylic acids is 3. The minimum absolute atomic E-state index is 0.177. The van der Waals surface area contributed by atoms with Gasteiger partial charge in [-0.2, -0.15) is 0 Å². The van der Waals surface area contributed by atoms with Crippen molar-refractivity contribution in [3.63, 3.8) is 0 Å². The molecule has 8 heteroatoms. The Morgan fingerprint density at radius 2 is 1.85 bits per heavy atom. The van der Waals surface area contributed by atoms with Gasteiger partial charge in [-0.3, -0.25) is 19.8 Å². The molecule has 2 aromatic rings. The Bertz CT molecular complexity index is 957. The van der Waals surface area contributed by atoms with E-state index >= 15 is 0 Å². The molecule has 1 heterocycles. The molecule has 6 nitrogen and oxygen atoms in total. The summed E-state index contributed by atoms with van der Waals surface area (Å²) in [7, 11) is 1.28. The molecule has 0 aromatic heterocycles. The molecule has 0 unspecified atom stereocenters. The third kappa shape index (κ3) is 4.22. The van der Waals surface area contributed by atoms with Crippen LogP contribution in [0.3, 0.4) is 0 Å². The predicted molar refractivity (Wildman–Crippen MR) is 99.2 cm³/mol. The summed E-state index contributed by atoms with van der Waals surface area (Å²) in [5.41, 5.74) is 1.06. The molecule has 0 atom stereocenters. The van der Waals surface area contributed by atoms with Crippen LogP contribution in [0.2, 0.25) is 0 Å². The van der Waals surface area contributed by atoms with Crippen molar-refractivity contribution in [3.8, 4) is 5.75 Å². The number of nitrogens with zero attached hydrogens (tertiary/aromatic N) is 1. The van der Waals surface area contributed by atoms with Gasteiger partial charge >= 0.3 is 6.03 Å². The highest BCUT2D eigenvalue weighted by Gasteiger charge is 2.33. The van der Waals surface area contributed by atoms with Gasteiger partial charge in [0.05, 0.1) is 0 Å². The Kier molecular flexibility index (Phi) is 5.36. The number of likely N-dealkylation sites (N-methyl/N-ethyl adjacent to an activating group) is 1. The summed E-state index contributed by atoms with van der Waals surface area (Å²) < 4.78 is 19.5. The molecule has 4 amide bonds. The largest absolute Gasteiger partial charge is 0.488 e. The van der Waals surface area contributed by atoms with Gasteiger partial charge in [0.25, 0.3) is 11.8 Å². The number of ether oxygens (including phenoxy) is 1. The summed E-state index contributed by atoms with van der Waals surface area (Å²) in [5, 5.41) is 2.10. The zero-order valence-electron chi connectivity index (χ0n) is 14.2. The van der Waals surface area contributed by atoms with Crippen LogP contribution in [0.1, 0.15) is 11.1 Å². The standard InChI is InChI=1S/C19H14BrFN2O4/c1-23-18(25)15(17(24)22-19(23)26)9-12-8-13(20)4-7-16(12)27-10-11-2-5-14(21)6-3-11/h2-9H,10H2,1H3,(H,22,24,26). The Hall–Kier alpha value is -3.00. The molecule has 1 N–H and O–H groups in total. The van der Waals surface area contributed by atoms with Gasteiger partial charge in [-0.05, 0) is 42.0 Å². The maximum Gasteiger partial charge on any atom is 0.331 e. The van der Waals surface area contributed by atoms with Crippen molar-refractivity contribution >= 4 is 39.9 Å². The number of nitrogens with one attached hydrogen (secondary N) is 1. The second kappa shape index (κ2) is 7.71. The average molecular weight is 433 g/mol. The fraction of sp³-hybridized carbons (Fsp3) is 0.105. The quantitative estimate of drug-likeness (QED) is 0.594. The van der Waals surface area contributed by atoms with Crippen LogP contribution in [0.5, 0.6) is 5.75 Å². The highest BCUT2D eigenvalue weighted by atomic mass is 79.9. The van der Waals surface area contributed by atoms with E-state index in [2.05, 4.69) is 21.2 Å². The van der Waals surface area contributed by atoms with Crippen LogP contribution in [0, 0.1) is 5.82 Å². The molecular formula is C19H14BrFN2O4. The summed E-state index contributed by atoms with van der Waals surface area (Å²) >= 11 is 3.34. The molecule has 27 heavy (non-hydrogen) atoms. The first-order valence-corrected chi connectivity index (χ1v) is 8.66. The Balaban J connectivity index is 1.89. The number of barbiturate groups is 1. The third-order valence-electron chi connectivity index (χ3n) is 3.88. The van der Waals surface area contributed by atoms with Gasteiger partial charge in [0.2, 0.25) is 0 Å². The number of benzene rings is 2. The van der Waals surface area contributed by atoms with Crippen LogP contribution >= 0.6 is 15.9 Å². The van der Waals surface area contributed by atoms with Crippen molar-refractivity contribution in [2.45, 2.75) is 6.61 Å². The lowest BCUT2D eigenvalue weighted by molar-refractivity contribution is -0.129. The Labute approximate surface area is 162 Å². The van der Waals surface area contributed by atoms with Crippen molar-refractivity contribution in [2.75, 3.05) is 7.05 Å². The number of carbonyl (C=O) groups is 3. The third-order valence-corrected chi connectivity index (χ3v) is 4.38. The van der Waals surface area contributed by atoms with E-state index in [1.165, 1.54) is 25.3 Å². The molecule has 1 aliphatic rings. The molecular weight excluding hydrogens is 419 g/mol. The number of urea groups is 1. The van der Waals surface area contributed by atoms with Gasteiger partial charge < -0.3 is 4.74 Å². The fourth-order valence-corrected chi connectivity index (χ4v) is 2.79. The lowest BCUT2D eigenvalue weighted by Crippen LogP contribution is -2.52. The second-order valence-electron chi connectivity index (χ2n) is 5.78. The van der Waals surface area contributed by atoms with E-state index in [4.69, 9.17) is 4.74 Å². The second-order valence-corrected chi connectivity index (χ2v) is 6.69. The summed E-state index contributed by atoms with van der Waals surface area (Å²) in [6.45, 7) is 0.177. The van der Waals surface area contributed by atoms with Gasteiger partial charge in [0.1, 0.15) is 23.7 Å². The number of halogens is 2. The van der Waals surface area contributed by atoms with E-state index in [0.29, 0.717) is 11.3 Å². The topological polar surface area (TPSA) is 75.7 Å². The zero-order valence-corrected chi connectivity index (χ0v) is 15.7. The van der Waals surface area contributed by atoms with Crippen LogP contribution in [-0.2, 0) is 16.2 Å². The first-order valence-electron chi connectivity index (χ1n) is 7.87. The molecule has 138 valence electrons. The van der Waals surface area contributed by atoms with Crippen LogP contribution < -0.4 is 10.1 Å². The molecule has 0 spiro atoms. The summed E-state index contributed by atoms with van der Waals surface area (Å²) in [4.78, 5) is 36.6. The number of rotatable bonds is 4. The smallest absolute Gasteiger partial charge is 0.331 e. The zero-order chi connectivity index (χ0) is 19.6. The minimum atomic E-state index is -0.774. The first-order chi connectivity index (χ1) is 12.8. The maximum atomic E-state index is 13.0. The number of imide groups is 2. The normalized spacial score (nSPS) is 15.9. The van der Waals surface area contributed by atoms with Crippen LogP contribution in [0.4, 0.5) is 9.18 Å². The minimum Gasteiger partial charge on any atom is -0.488 e. The predicted octanol–water partition coefficient (Wildman–Crippen LogP) is 3.26. The fourth-order valence-electron chi connectivity index (χ4n) is 2.41.